The summed E-state index contributed by atoms with van der Waals surface area (Å²) in [5, 5.41) is 11.6. The van der Waals surface area contributed by atoms with E-state index in [-0.39, 0.29) is 17.9 Å². The molecule has 2 aromatic heterocycles. The molecule has 1 aliphatic heterocycles. The fourth-order valence-electron chi connectivity index (χ4n) is 2.74. The number of amides is 1. The molecule has 7 nitrogen and oxygen atoms in total. The first-order valence-electron chi connectivity index (χ1n) is 7.06. The van der Waals surface area contributed by atoms with E-state index >= 15 is 0 Å². The molecule has 0 atom stereocenters. The molecule has 0 bridgehead atoms. The molecule has 0 fully saturated rings. The number of anilines is 1. The summed E-state index contributed by atoms with van der Waals surface area (Å²) in [6.07, 6.45) is 2.01. The van der Waals surface area contributed by atoms with Gasteiger partial charge in [-0.3, -0.25) is 9.69 Å². The van der Waals surface area contributed by atoms with Crippen molar-refractivity contribution in [1.82, 2.24) is 20.2 Å². The molecule has 9 heteroatoms. The number of nitrogens with zero attached hydrogens (tertiary/aromatic N) is 5. The number of tetrazole rings is 1. The minimum atomic E-state index is -1.05. The van der Waals surface area contributed by atoms with Crippen LogP contribution in [0.1, 0.15) is 12.0 Å². The lowest BCUT2D eigenvalue weighted by molar-refractivity contribution is -0.118. The largest absolute Gasteiger partial charge is 0.461 e. The van der Waals surface area contributed by atoms with Crippen molar-refractivity contribution in [2.75, 3.05) is 11.4 Å². The van der Waals surface area contributed by atoms with Crippen molar-refractivity contribution in [2.45, 2.75) is 19.4 Å². The second-order valence-electron chi connectivity index (χ2n) is 5.28. The van der Waals surface area contributed by atoms with Crippen LogP contribution in [0.5, 0.6) is 0 Å². The Hall–Kier alpha value is -2.84. The highest BCUT2D eigenvalue weighted by molar-refractivity contribution is 5.96. The Morgan fingerprint density at radius 3 is 3.04 bits per heavy atom. The van der Waals surface area contributed by atoms with Gasteiger partial charge in [-0.05, 0) is 29.0 Å². The molecular weight excluding hydrogens is 308 g/mol. The van der Waals surface area contributed by atoms with Crippen LogP contribution in [-0.2, 0) is 17.8 Å². The average Bonchev–Trinajstić information content (AvgIpc) is 3.17. The molecular formula is C14H11F2N5O2. The van der Waals surface area contributed by atoms with Gasteiger partial charge in [0.1, 0.15) is 0 Å². The van der Waals surface area contributed by atoms with E-state index in [9.17, 15) is 13.6 Å². The van der Waals surface area contributed by atoms with Gasteiger partial charge >= 0.3 is 0 Å². The summed E-state index contributed by atoms with van der Waals surface area (Å²) in [6.45, 7) is 1.17. The van der Waals surface area contributed by atoms with Crippen LogP contribution < -0.4 is 4.90 Å². The van der Waals surface area contributed by atoms with Crippen LogP contribution in [0.3, 0.4) is 0 Å². The molecule has 0 radical (unpaired) electrons. The van der Waals surface area contributed by atoms with Crippen LogP contribution in [0.2, 0.25) is 0 Å². The summed E-state index contributed by atoms with van der Waals surface area (Å²) >= 11 is 0. The minimum Gasteiger partial charge on any atom is -0.461 e. The van der Waals surface area contributed by atoms with Crippen molar-refractivity contribution in [3.63, 3.8) is 0 Å². The van der Waals surface area contributed by atoms with Crippen molar-refractivity contribution < 1.29 is 18.0 Å². The molecule has 0 aliphatic carbocycles. The van der Waals surface area contributed by atoms with Gasteiger partial charge in [0.25, 0.3) is 5.95 Å². The van der Waals surface area contributed by atoms with Gasteiger partial charge in [0.2, 0.25) is 11.7 Å². The number of hydrogen-bond donors (Lipinski definition) is 0. The lowest BCUT2D eigenvalue weighted by Gasteiger charge is -2.24. The van der Waals surface area contributed by atoms with Crippen LogP contribution in [0.15, 0.2) is 22.8 Å². The SMILES string of the molecule is O=C(Cc1coc2c(F)c(F)ccc12)N1CCCn2nnnc21. The van der Waals surface area contributed by atoms with Crippen LogP contribution in [0.4, 0.5) is 14.7 Å². The van der Waals surface area contributed by atoms with Gasteiger partial charge in [-0.2, -0.15) is 4.39 Å². The van der Waals surface area contributed by atoms with Crippen LogP contribution in [-0.4, -0.2) is 32.7 Å². The highest BCUT2D eigenvalue weighted by atomic mass is 19.2. The van der Waals surface area contributed by atoms with Crippen LogP contribution in [0, 0.1) is 11.6 Å². The van der Waals surface area contributed by atoms with E-state index in [4.69, 9.17) is 4.42 Å². The Balaban J connectivity index is 1.65. The van der Waals surface area contributed by atoms with Gasteiger partial charge in [-0.15, -0.1) is 0 Å². The van der Waals surface area contributed by atoms with Gasteiger partial charge < -0.3 is 4.42 Å². The summed E-state index contributed by atoms with van der Waals surface area (Å²) in [6, 6.07) is 2.42. The highest BCUT2D eigenvalue weighted by Gasteiger charge is 2.26. The molecule has 3 aromatic rings. The molecule has 1 amide bonds. The van der Waals surface area contributed by atoms with Crippen LogP contribution in [0.25, 0.3) is 11.0 Å². The molecule has 3 heterocycles. The second kappa shape index (κ2) is 5.11. The number of hydrogen-bond acceptors (Lipinski definition) is 5. The van der Waals surface area contributed by atoms with E-state index in [1.807, 2.05) is 0 Å². The lowest BCUT2D eigenvalue weighted by atomic mass is 10.1. The predicted octanol–water partition coefficient (Wildman–Crippen LogP) is 1.68. The number of rotatable bonds is 2. The smallest absolute Gasteiger partial charge is 0.252 e. The molecule has 0 saturated carbocycles. The predicted molar refractivity (Wildman–Crippen MR) is 74.6 cm³/mol. The molecule has 0 unspecified atom stereocenters. The van der Waals surface area contributed by atoms with E-state index in [1.54, 1.807) is 4.68 Å². The van der Waals surface area contributed by atoms with Gasteiger partial charge in [0, 0.05) is 24.0 Å². The Bertz CT molecular complexity index is 904. The third-order valence-corrected chi connectivity index (χ3v) is 3.86. The number of furan rings is 1. The van der Waals surface area contributed by atoms with Crippen LogP contribution >= 0.6 is 0 Å². The Kier molecular flexibility index (Phi) is 3.07. The quantitative estimate of drug-likeness (QED) is 0.718. The maximum absolute atomic E-state index is 13.7. The maximum Gasteiger partial charge on any atom is 0.252 e. The fourth-order valence-corrected chi connectivity index (χ4v) is 2.74. The van der Waals surface area contributed by atoms with E-state index < -0.39 is 11.6 Å². The van der Waals surface area contributed by atoms with Crippen molar-refractivity contribution in [1.29, 1.82) is 0 Å². The molecule has 4 rings (SSSR count). The molecule has 1 aliphatic rings. The Morgan fingerprint density at radius 1 is 1.30 bits per heavy atom. The lowest BCUT2D eigenvalue weighted by Crippen LogP contribution is -2.39. The molecule has 0 N–H and O–H groups in total. The monoisotopic (exact) mass is 319 g/mol. The normalized spacial score (nSPS) is 14.3. The van der Waals surface area contributed by atoms with E-state index in [0.29, 0.717) is 30.0 Å². The minimum absolute atomic E-state index is 0.00900. The van der Waals surface area contributed by atoms with Crippen molar-refractivity contribution in [3.8, 4) is 0 Å². The summed E-state index contributed by atoms with van der Waals surface area (Å²) in [4.78, 5) is 14.0. The van der Waals surface area contributed by atoms with Crippen molar-refractivity contribution >= 4 is 22.8 Å². The zero-order valence-electron chi connectivity index (χ0n) is 11.9. The van der Waals surface area contributed by atoms with Gasteiger partial charge in [0.15, 0.2) is 11.4 Å². The number of carbonyl (C=O) groups is 1. The Labute approximate surface area is 128 Å². The van der Waals surface area contributed by atoms with Gasteiger partial charge in [-0.25, -0.2) is 9.07 Å². The molecule has 118 valence electrons. The molecule has 1 aromatic carbocycles. The molecule has 0 saturated heterocycles. The second-order valence-corrected chi connectivity index (χ2v) is 5.28. The van der Waals surface area contributed by atoms with Crippen molar-refractivity contribution in [3.05, 3.63) is 35.6 Å². The topological polar surface area (TPSA) is 77.0 Å². The first kappa shape index (κ1) is 13.8. The number of aryl methyl sites for hydroxylation is 1. The first-order valence-corrected chi connectivity index (χ1v) is 7.06. The zero-order chi connectivity index (χ0) is 16.0. The van der Waals surface area contributed by atoms with Gasteiger partial charge in [0.05, 0.1) is 12.7 Å². The van der Waals surface area contributed by atoms with E-state index in [0.717, 1.165) is 12.5 Å². The standard InChI is InChI=1S/C14H11F2N5O2/c15-10-3-2-9-8(7-23-13(9)12(10)16)6-11(22)20-4-1-5-21-14(20)17-18-19-21/h2-3,7H,1,4-6H2. The highest BCUT2D eigenvalue weighted by Crippen LogP contribution is 2.27. The number of carbonyl (C=O) groups excluding carboxylic acids is 1. The number of benzene rings is 1. The number of aromatic nitrogens is 4. The summed E-state index contributed by atoms with van der Waals surface area (Å²) < 4.78 is 33.5. The molecule has 23 heavy (non-hydrogen) atoms. The third-order valence-electron chi connectivity index (χ3n) is 3.86. The molecule has 0 spiro atoms. The number of halogens is 2. The summed E-state index contributed by atoms with van der Waals surface area (Å²) in [7, 11) is 0. The van der Waals surface area contributed by atoms with Crippen molar-refractivity contribution in [2.24, 2.45) is 0 Å². The van der Waals surface area contributed by atoms with E-state index in [1.165, 1.54) is 17.2 Å². The van der Waals surface area contributed by atoms with Gasteiger partial charge in [-0.1, -0.05) is 5.10 Å². The first-order chi connectivity index (χ1) is 11.1. The summed E-state index contributed by atoms with van der Waals surface area (Å²) in [5.41, 5.74) is 0.310. The zero-order valence-corrected chi connectivity index (χ0v) is 11.9. The third kappa shape index (κ3) is 2.16. The fraction of sp³-hybridized carbons (Fsp3) is 0.286. The van der Waals surface area contributed by atoms with E-state index in [2.05, 4.69) is 15.5 Å². The maximum atomic E-state index is 13.7. The number of fused-ring (bicyclic) bond motifs is 2. The average molecular weight is 319 g/mol. The Morgan fingerprint density at radius 2 is 2.17 bits per heavy atom. The summed E-state index contributed by atoms with van der Waals surface area (Å²) in [5.74, 6) is -1.87.